The second-order valence-corrected chi connectivity index (χ2v) is 5.88. The van der Waals surface area contributed by atoms with Crippen LogP contribution in [-0.2, 0) is 9.59 Å². The fourth-order valence-corrected chi connectivity index (χ4v) is 2.47. The molecule has 0 atom stereocenters. The van der Waals surface area contributed by atoms with Crippen molar-refractivity contribution in [2.75, 3.05) is 13.2 Å². The van der Waals surface area contributed by atoms with Crippen molar-refractivity contribution in [2.24, 2.45) is 5.41 Å². The number of benzene rings is 1. The smallest absolute Gasteiger partial charge is 0.311 e. The highest BCUT2D eigenvalue weighted by atomic mass is 79.9. The van der Waals surface area contributed by atoms with Crippen molar-refractivity contribution in [1.82, 2.24) is 5.32 Å². The molecule has 0 aromatic heterocycles. The number of hydrogen-bond acceptors (Lipinski definition) is 3. The molecule has 6 heteroatoms. The van der Waals surface area contributed by atoms with Crippen molar-refractivity contribution in [3.05, 3.63) is 28.7 Å². The Bertz CT molecular complexity index is 514. The van der Waals surface area contributed by atoms with Crippen LogP contribution in [0.2, 0.25) is 0 Å². The van der Waals surface area contributed by atoms with Gasteiger partial charge in [-0.1, -0.05) is 28.4 Å². The quantitative estimate of drug-likeness (QED) is 0.831. The van der Waals surface area contributed by atoms with Gasteiger partial charge in [-0.25, -0.2) is 0 Å². The van der Waals surface area contributed by atoms with Crippen LogP contribution >= 0.6 is 15.9 Å². The molecule has 0 bridgehead atoms. The summed E-state index contributed by atoms with van der Waals surface area (Å²) < 4.78 is 6.21. The van der Waals surface area contributed by atoms with Gasteiger partial charge < -0.3 is 15.2 Å². The van der Waals surface area contributed by atoms with Gasteiger partial charge >= 0.3 is 5.97 Å². The Kier molecular flexibility index (Phi) is 4.65. The molecule has 2 N–H and O–H groups in total. The summed E-state index contributed by atoms with van der Waals surface area (Å²) >= 11 is 3.31. The van der Waals surface area contributed by atoms with Gasteiger partial charge in [0, 0.05) is 11.0 Å². The molecule has 1 aliphatic carbocycles. The van der Waals surface area contributed by atoms with Crippen LogP contribution in [-0.4, -0.2) is 30.1 Å². The van der Waals surface area contributed by atoms with Gasteiger partial charge in [0.05, 0.1) is 5.41 Å². The minimum atomic E-state index is -0.836. The maximum atomic E-state index is 11.7. The lowest BCUT2D eigenvalue weighted by molar-refractivity contribution is -0.154. The van der Waals surface area contributed by atoms with Crippen LogP contribution in [0.15, 0.2) is 28.7 Å². The first-order valence-electron chi connectivity index (χ1n) is 6.40. The number of carbonyl (C=O) groups excluding carboxylic acids is 1. The Morgan fingerprint density at radius 2 is 2.15 bits per heavy atom. The standard InChI is InChI=1S/C14H16BrNO4/c15-10-3-1-4-11(7-10)20-8-12(17)16-9-14(13(18)19)5-2-6-14/h1,3-4,7H,2,5-6,8-9H2,(H,16,17)(H,18,19). The molecule has 1 aromatic carbocycles. The van der Waals surface area contributed by atoms with Gasteiger partial charge in [-0.2, -0.15) is 0 Å². The van der Waals surface area contributed by atoms with Crippen LogP contribution in [0.3, 0.4) is 0 Å². The molecule has 5 nitrogen and oxygen atoms in total. The lowest BCUT2D eigenvalue weighted by atomic mass is 9.69. The van der Waals surface area contributed by atoms with Crippen LogP contribution in [0.5, 0.6) is 5.75 Å². The highest BCUT2D eigenvalue weighted by Gasteiger charge is 2.44. The summed E-state index contributed by atoms with van der Waals surface area (Å²) in [7, 11) is 0. The zero-order chi connectivity index (χ0) is 14.6. The minimum Gasteiger partial charge on any atom is -0.484 e. The molecule has 0 spiro atoms. The van der Waals surface area contributed by atoms with Gasteiger partial charge in [0.2, 0.25) is 0 Å². The highest BCUT2D eigenvalue weighted by Crippen LogP contribution is 2.40. The average Bonchev–Trinajstić information content (AvgIpc) is 2.34. The Morgan fingerprint density at radius 1 is 1.40 bits per heavy atom. The first kappa shape index (κ1) is 14.8. The lowest BCUT2D eigenvalue weighted by Gasteiger charge is -2.37. The van der Waals surface area contributed by atoms with E-state index in [4.69, 9.17) is 9.84 Å². The van der Waals surface area contributed by atoms with Crippen molar-refractivity contribution in [3.8, 4) is 5.75 Å². The maximum Gasteiger partial charge on any atom is 0.311 e. The van der Waals surface area contributed by atoms with E-state index in [1.165, 1.54) is 0 Å². The number of aliphatic carboxylic acids is 1. The van der Waals surface area contributed by atoms with Gasteiger partial charge in [0.25, 0.3) is 5.91 Å². The number of rotatable bonds is 6. The molecule has 20 heavy (non-hydrogen) atoms. The van der Waals surface area contributed by atoms with Crippen LogP contribution in [0, 0.1) is 5.41 Å². The van der Waals surface area contributed by atoms with E-state index in [2.05, 4.69) is 21.2 Å². The summed E-state index contributed by atoms with van der Waals surface area (Å²) in [5.41, 5.74) is -0.772. The number of halogens is 1. The zero-order valence-electron chi connectivity index (χ0n) is 10.9. The molecular formula is C14H16BrNO4. The van der Waals surface area contributed by atoms with Gasteiger partial charge in [0.1, 0.15) is 5.75 Å². The van der Waals surface area contributed by atoms with Crippen LogP contribution in [0.4, 0.5) is 0 Å². The number of amides is 1. The monoisotopic (exact) mass is 341 g/mol. The third-order valence-electron chi connectivity index (χ3n) is 3.55. The van der Waals surface area contributed by atoms with E-state index in [-0.39, 0.29) is 19.1 Å². The first-order chi connectivity index (χ1) is 9.52. The molecule has 2 rings (SSSR count). The molecule has 1 aromatic rings. The van der Waals surface area contributed by atoms with E-state index in [9.17, 15) is 9.59 Å². The van der Waals surface area contributed by atoms with Crippen LogP contribution in [0.25, 0.3) is 0 Å². The van der Waals surface area contributed by atoms with E-state index >= 15 is 0 Å². The predicted octanol–water partition coefficient (Wildman–Crippen LogP) is 2.20. The summed E-state index contributed by atoms with van der Waals surface area (Å²) in [6.07, 6.45) is 2.14. The second kappa shape index (κ2) is 6.26. The van der Waals surface area contributed by atoms with E-state index in [0.29, 0.717) is 18.6 Å². The lowest BCUT2D eigenvalue weighted by Crippen LogP contribution is -2.48. The Hall–Kier alpha value is -1.56. The third-order valence-corrected chi connectivity index (χ3v) is 4.05. The van der Waals surface area contributed by atoms with E-state index in [1.807, 2.05) is 12.1 Å². The summed E-state index contributed by atoms with van der Waals surface area (Å²) in [5, 5.41) is 11.8. The summed E-state index contributed by atoms with van der Waals surface area (Å²) in [6.45, 7) is 0.0508. The number of carboxylic acids is 1. The van der Waals surface area contributed by atoms with Gasteiger partial charge in [-0.15, -0.1) is 0 Å². The van der Waals surface area contributed by atoms with Crippen molar-refractivity contribution in [2.45, 2.75) is 19.3 Å². The molecular weight excluding hydrogens is 326 g/mol. The fourth-order valence-electron chi connectivity index (χ4n) is 2.09. The van der Waals surface area contributed by atoms with Crippen molar-refractivity contribution in [1.29, 1.82) is 0 Å². The van der Waals surface area contributed by atoms with Crippen LogP contribution in [0.1, 0.15) is 19.3 Å². The predicted molar refractivity (Wildman–Crippen MR) is 76.6 cm³/mol. The topological polar surface area (TPSA) is 75.6 Å². The maximum absolute atomic E-state index is 11.7. The molecule has 0 saturated heterocycles. The summed E-state index contributed by atoms with van der Waals surface area (Å²) in [5.74, 6) is -0.555. The van der Waals surface area contributed by atoms with E-state index in [1.54, 1.807) is 12.1 Å². The molecule has 0 unspecified atom stereocenters. The molecule has 0 aliphatic heterocycles. The highest BCUT2D eigenvalue weighted by molar-refractivity contribution is 9.10. The molecule has 0 radical (unpaired) electrons. The van der Waals surface area contributed by atoms with Gasteiger partial charge in [-0.05, 0) is 31.0 Å². The second-order valence-electron chi connectivity index (χ2n) is 4.96. The van der Waals surface area contributed by atoms with E-state index in [0.717, 1.165) is 10.9 Å². The molecule has 1 fully saturated rings. The Balaban J connectivity index is 1.77. The number of ether oxygens (including phenoxy) is 1. The van der Waals surface area contributed by atoms with Crippen molar-refractivity contribution >= 4 is 27.8 Å². The van der Waals surface area contributed by atoms with Crippen molar-refractivity contribution in [3.63, 3.8) is 0 Å². The van der Waals surface area contributed by atoms with Crippen molar-refractivity contribution < 1.29 is 19.4 Å². The molecule has 0 heterocycles. The SMILES string of the molecule is O=C(COc1cccc(Br)c1)NCC1(C(=O)O)CCC1. The first-order valence-corrected chi connectivity index (χ1v) is 7.20. The number of hydrogen-bond donors (Lipinski definition) is 2. The zero-order valence-corrected chi connectivity index (χ0v) is 12.5. The normalized spacial score (nSPS) is 16.1. The van der Waals surface area contributed by atoms with Gasteiger partial charge in [-0.3, -0.25) is 9.59 Å². The fraction of sp³-hybridized carbons (Fsp3) is 0.429. The molecule has 108 valence electrons. The van der Waals surface area contributed by atoms with Gasteiger partial charge in [0.15, 0.2) is 6.61 Å². The largest absolute Gasteiger partial charge is 0.484 e. The molecule has 1 saturated carbocycles. The van der Waals surface area contributed by atoms with E-state index < -0.39 is 11.4 Å². The Labute approximate surface area is 125 Å². The number of carboxylic acid groups (broad SMARTS) is 1. The summed E-state index contributed by atoms with van der Waals surface area (Å²) in [4.78, 5) is 22.8. The molecule has 1 amide bonds. The number of carbonyl (C=O) groups is 2. The molecule has 1 aliphatic rings. The number of nitrogens with one attached hydrogen (secondary N) is 1. The third kappa shape index (κ3) is 3.50. The summed E-state index contributed by atoms with van der Waals surface area (Å²) in [6, 6.07) is 7.19. The minimum absolute atomic E-state index is 0.119. The Morgan fingerprint density at radius 3 is 2.70 bits per heavy atom. The average molecular weight is 342 g/mol. The van der Waals surface area contributed by atoms with Crippen LogP contribution < -0.4 is 10.1 Å².